The van der Waals surface area contributed by atoms with Crippen LogP contribution in [0.5, 0.6) is 0 Å². The number of fused-ring (bicyclic) bond motifs is 1. The number of rotatable bonds is 4. The maximum Gasteiger partial charge on any atom is 0.338 e. The Morgan fingerprint density at radius 3 is 2.62 bits per heavy atom. The number of para-hydroxylation sites is 1. The Bertz CT molecular complexity index is 935. The van der Waals surface area contributed by atoms with Crippen LogP contribution in [0, 0.1) is 0 Å². The first-order chi connectivity index (χ1) is 14.1. The van der Waals surface area contributed by atoms with Gasteiger partial charge in [-0.3, -0.25) is 14.5 Å². The number of hydrogen-bond donors (Lipinski definition) is 1. The van der Waals surface area contributed by atoms with Crippen LogP contribution in [-0.4, -0.2) is 58.4 Å². The quantitative estimate of drug-likeness (QED) is 0.612. The summed E-state index contributed by atoms with van der Waals surface area (Å²) < 4.78 is 1.19. The Kier molecular flexibility index (Phi) is 4.83. The zero-order valence-electron chi connectivity index (χ0n) is 16.3. The van der Waals surface area contributed by atoms with Crippen molar-refractivity contribution in [3.8, 4) is 0 Å². The normalized spacial score (nSPS) is 26.3. The molecular weight excluding hydrogens is 388 g/mol. The van der Waals surface area contributed by atoms with Crippen LogP contribution in [0.4, 0.5) is 4.79 Å². The van der Waals surface area contributed by atoms with Crippen molar-refractivity contribution in [2.75, 3.05) is 19.8 Å². The highest BCUT2D eigenvalue weighted by Gasteiger charge is 2.49. The molecule has 1 aliphatic carbocycles. The number of thiazole rings is 1. The first-order valence-corrected chi connectivity index (χ1v) is 11.3. The standard InChI is InChI=1S/C21H24N4O3S/c26-19-20(27)25(15-7-1-2-8-15)21(28)24(19)13-23-11-5-6-14(12-23)18-22-16-9-3-4-10-17(16)29-18/h3-4,9-10,14-15H,1-2,5-8,11-13H2/p+1/t14-/m0/s1. The average molecular weight is 414 g/mol. The maximum absolute atomic E-state index is 12.8. The van der Waals surface area contributed by atoms with Crippen molar-refractivity contribution in [1.82, 2.24) is 14.8 Å². The van der Waals surface area contributed by atoms with Crippen molar-refractivity contribution in [3.63, 3.8) is 0 Å². The lowest BCUT2D eigenvalue weighted by Crippen LogP contribution is -3.15. The third-order valence-electron chi connectivity index (χ3n) is 6.43. The topological polar surface area (TPSA) is 75.0 Å². The lowest BCUT2D eigenvalue weighted by molar-refractivity contribution is -0.913. The van der Waals surface area contributed by atoms with Crippen LogP contribution in [0.15, 0.2) is 24.3 Å². The molecule has 2 aliphatic heterocycles. The Balaban J connectivity index is 1.29. The Morgan fingerprint density at radius 1 is 1.03 bits per heavy atom. The van der Waals surface area contributed by atoms with Gasteiger partial charge in [-0.2, -0.15) is 0 Å². The van der Waals surface area contributed by atoms with Gasteiger partial charge in [-0.1, -0.05) is 25.0 Å². The van der Waals surface area contributed by atoms with Crippen LogP contribution < -0.4 is 4.90 Å². The predicted octanol–water partition coefficient (Wildman–Crippen LogP) is 1.75. The molecule has 1 unspecified atom stereocenters. The summed E-state index contributed by atoms with van der Waals surface area (Å²) in [6.07, 6.45) is 5.74. The number of nitrogens with one attached hydrogen (secondary N) is 1. The number of benzene rings is 1. The molecule has 3 aliphatic rings. The van der Waals surface area contributed by atoms with Crippen molar-refractivity contribution in [1.29, 1.82) is 0 Å². The fraction of sp³-hybridized carbons (Fsp3) is 0.524. The van der Waals surface area contributed by atoms with E-state index in [1.807, 2.05) is 18.2 Å². The molecule has 0 bridgehead atoms. The molecule has 152 valence electrons. The minimum absolute atomic E-state index is 0.101. The van der Waals surface area contributed by atoms with E-state index in [0.29, 0.717) is 5.92 Å². The molecule has 7 nitrogen and oxygen atoms in total. The Morgan fingerprint density at radius 2 is 1.83 bits per heavy atom. The number of carbonyl (C=O) groups excluding carboxylic acids is 3. The number of urea groups is 1. The summed E-state index contributed by atoms with van der Waals surface area (Å²) in [5.41, 5.74) is 1.03. The van der Waals surface area contributed by atoms with Crippen LogP contribution in [0.3, 0.4) is 0 Å². The van der Waals surface area contributed by atoms with Crippen molar-refractivity contribution in [2.45, 2.75) is 50.5 Å². The highest BCUT2D eigenvalue weighted by Crippen LogP contribution is 2.30. The van der Waals surface area contributed by atoms with E-state index in [1.165, 1.54) is 19.4 Å². The summed E-state index contributed by atoms with van der Waals surface area (Å²) in [4.78, 5) is 46.2. The molecule has 2 saturated heterocycles. The fourth-order valence-electron chi connectivity index (χ4n) is 4.94. The van der Waals surface area contributed by atoms with Gasteiger partial charge >= 0.3 is 17.8 Å². The number of nitrogens with zero attached hydrogens (tertiary/aromatic N) is 3. The number of imide groups is 2. The molecule has 1 saturated carbocycles. The van der Waals surface area contributed by atoms with E-state index in [1.54, 1.807) is 11.3 Å². The van der Waals surface area contributed by atoms with E-state index in [0.717, 1.165) is 62.1 Å². The lowest BCUT2D eigenvalue weighted by Gasteiger charge is -2.30. The van der Waals surface area contributed by atoms with Crippen LogP contribution >= 0.6 is 11.3 Å². The van der Waals surface area contributed by atoms with Crippen LogP contribution in [0.25, 0.3) is 10.2 Å². The molecule has 29 heavy (non-hydrogen) atoms. The molecule has 1 N–H and O–H groups in total. The van der Waals surface area contributed by atoms with E-state index < -0.39 is 17.8 Å². The molecule has 5 rings (SSSR count). The summed E-state index contributed by atoms with van der Waals surface area (Å²) in [5.74, 6) is -0.969. The summed E-state index contributed by atoms with van der Waals surface area (Å²) >= 11 is 1.73. The number of hydrogen-bond acceptors (Lipinski definition) is 5. The SMILES string of the molecule is O=C1C(=O)N(C2CCCC2)C(=O)N1C[NH+]1CCC[C@H](c2nc3ccccc3s2)C1. The van der Waals surface area contributed by atoms with Gasteiger partial charge in [-0.15, -0.1) is 11.3 Å². The summed E-state index contributed by atoms with van der Waals surface area (Å²) in [6, 6.07) is 7.64. The zero-order chi connectivity index (χ0) is 20.0. The van der Waals surface area contributed by atoms with Gasteiger partial charge in [0, 0.05) is 6.04 Å². The molecule has 3 fully saturated rings. The first-order valence-electron chi connectivity index (χ1n) is 10.5. The van der Waals surface area contributed by atoms with Crippen molar-refractivity contribution < 1.29 is 19.3 Å². The van der Waals surface area contributed by atoms with Gasteiger partial charge in [0.2, 0.25) is 0 Å². The van der Waals surface area contributed by atoms with Gasteiger partial charge in [-0.25, -0.2) is 14.7 Å². The summed E-state index contributed by atoms with van der Waals surface area (Å²) in [6.45, 7) is 2.00. The zero-order valence-corrected chi connectivity index (χ0v) is 17.1. The second kappa shape index (κ2) is 7.50. The molecule has 8 heteroatoms. The number of likely N-dealkylation sites (tertiary alicyclic amines) is 1. The first kappa shape index (κ1) is 18.7. The molecule has 2 atom stereocenters. The van der Waals surface area contributed by atoms with Gasteiger partial charge < -0.3 is 4.90 Å². The van der Waals surface area contributed by atoms with Crippen LogP contribution in [-0.2, 0) is 9.59 Å². The van der Waals surface area contributed by atoms with Gasteiger partial charge in [-0.05, 0) is 37.8 Å². The Hall–Kier alpha value is -2.32. The van der Waals surface area contributed by atoms with Crippen LogP contribution in [0.2, 0.25) is 0 Å². The molecule has 2 aromatic rings. The predicted molar refractivity (Wildman–Crippen MR) is 109 cm³/mol. The highest BCUT2D eigenvalue weighted by molar-refractivity contribution is 7.18. The maximum atomic E-state index is 12.8. The third-order valence-corrected chi connectivity index (χ3v) is 7.63. The molecular formula is C21H25N4O3S+. The van der Waals surface area contributed by atoms with Gasteiger partial charge in [0.05, 0.1) is 29.2 Å². The minimum atomic E-state index is -0.656. The fourth-order valence-corrected chi connectivity index (χ4v) is 6.04. The second-order valence-corrected chi connectivity index (χ2v) is 9.41. The molecule has 1 aromatic heterocycles. The number of quaternary nitrogens is 1. The molecule has 0 spiro atoms. The third kappa shape index (κ3) is 3.34. The molecule has 4 amide bonds. The number of amides is 4. The van der Waals surface area contributed by atoms with Gasteiger partial charge in [0.15, 0.2) is 6.67 Å². The highest BCUT2D eigenvalue weighted by atomic mass is 32.1. The van der Waals surface area contributed by atoms with E-state index in [9.17, 15) is 14.4 Å². The van der Waals surface area contributed by atoms with E-state index >= 15 is 0 Å². The molecule has 1 aromatic carbocycles. The van der Waals surface area contributed by atoms with E-state index in [4.69, 9.17) is 4.98 Å². The largest absolute Gasteiger partial charge is 0.338 e. The van der Waals surface area contributed by atoms with Gasteiger partial charge in [0.25, 0.3) is 0 Å². The van der Waals surface area contributed by atoms with Crippen molar-refractivity contribution in [3.05, 3.63) is 29.3 Å². The monoisotopic (exact) mass is 413 g/mol. The van der Waals surface area contributed by atoms with E-state index in [-0.39, 0.29) is 12.7 Å². The number of carbonyl (C=O) groups is 3. The number of aromatic nitrogens is 1. The average Bonchev–Trinajstić information content (AvgIpc) is 3.45. The number of piperidine rings is 1. The Labute approximate surface area is 173 Å². The second-order valence-electron chi connectivity index (χ2n) is 8.35. The smallest absolute Gasteiger partial charge is 0.317 e. The minimum Gasteiger partial charge on any atom is -0.317 e. The van der Waals surface area contributed by atoms with Crippen molar-refractivity contribution in [2.24, 2.45) is 0 Å². The summed E-state index contributed by atoms with van der Waals surface area (Å²) in [5, 5.41) is 1.13. The van der Waals surface area contributed by atoms with E-state index in [2.05, 4.69) is 6.07 Å². The molecule has 3 heterocycles. The van der Waals surface area contributed by atoms with Crippen molar-refractivity contribution >= 4 is 39.4 Å². The summed E-state index contributed by atoms with van der Waals surface area (Å²) in [7, 11) is 0. The lowest BCUT2D eigenvalue weighted by atomic mass is 9.99. The van der Waals surface area contributed by atoms with Crippen LogP contribution in [0.1, 0.15) is 49.5 Å². The molecule has 0 radical (unpaired) electrons. The van der Waals surface area contributed by atoms with Gasteiger partial charge in [0.1, 0.15) is 5.01 Å².